The maximum Gasteiger partial charge on any atom is 0.0540 e. The first-order valence-corrected chi connectivity index (χ1v) is 37.5. The van der Waals surface area contributed by atoms with Gasteiger partial charge in [0.05, 0.1) is 5.69 Å². The lowest BCUT2D eigenvalue weighted by molar-refractivity contribution is 1.04. The Morgan fingerprint density at radius 3 is 1.17 bits per heavy atom. The lowest BCUT2D eigenvalue weighted by atomic mass is 9.87. The minimum absolute atomic E-state index is 1.07. The summed E-state index contributed by atoms with van der Waals surface area (Å²) in [6.07, 6.45) is 9.05. The van der Waals surface area contributed by atoms with Gasteiger partial charge in [0.1, 0.15) is 0 Å². The highest BCUT2D eigenvalue weighted by molar-refractivity contribution is 6.15. The monoisotopic (exact) mass is 1370 g/mol. The smallest absolute Gasteiger partial charge is 0.0540 e. The first-order chi connectivity index (χ1) is 53.5. The van der Waals surface area contributed by atoms with Gasteiger partial charge in [-0.15, -0.1) is 0 Å². The molecule has 18 aromatic rings. The van der Waals surface area contributed by atoms with Crippen molar-refractivity contribution in [1.29, 1.82) is 0 Å². The summed E-state index contributed by atoms with van der Waals surface area (Å²) >= 11 is 0. The minimum atomic E-state index is 1.07. The minimum Gasteiger partial charge on any atom is -0.311 e. The Morgan fingerprint density at radius 2 is 0.574 bits per heavy atom. The van der Waals surface area contributed by atoms with E-state index in [0.29, 0.717) is 0 Å². The summed E-state index contributed by atoms with van der Waals surface area (Å²) in [7, 11) is 0. The summed E-state index contributed by atoms with van der Waals surface area (Å²) in [6.45, 7) is 0. The largest absolute Gasteiger partial charge is 0.311 e. The van der Waals surface area contributed by atoms with E-state index in [4.69, 9.17) is 0 Å². The predicted molar refractivity (Wildman–Crippen MR) is 461 cm³/mol. The molecule has 508 valence electrons. The van der Waals surface area contributed by atoms with E-state index in [0.717, 1.165) is 74.8 Å². The molecule has 2 nitrogen and oxygen atoms in total. The number of fused-ring (bicyclic) bond motifs is 5. The van der Waals surface area contributed by atoms with Crippen molar-refractivity contribution in [2.75, 3.05) is 9.80 Å². The fourth-order valence-electron chi connectivity index (χ4n) is 16.3. The first kappa shape index (κ1) is 64.9. The molecule has 0 fully saturated rings. The average molecular weight is 1380 g/mol. The van der Waals surface area contributed by atoms with Gasteiger partial charge in [0.2, 0.25) is 0 Å². The van der Waals surface area contributed by atoms with Crippen LogP contribution in [0.5, 0.6) is 0 Å². The van der Waals surface area contributed by atoms with E-state index in [2.05, 4.69) is 434 Å². The third-order valence-electron chi connectivity index (χ3n) is 21.7. The van der Waals surface area contributed by atoms with Crippen molar-refractivity contribution < 1.29 is 0 Å². The van der Waals surface area contributed by atoms with Crippen LogP contribution in [0.15, 0.2) is 425 Å². The van der Waals surface area contributed by atoms with Crippen LogP contribution in [0.4, 0.5) is 34.1 Å². The van der Waals surface area contributed by atoms with Gasteiger partial charge >= 0.3 is 0 Å². The van der Waals surface area contributed by atoms with Crippen LogP contribution in [-0.4, -0.2) is 0 Å². The number of para-hydroxylation sites is 2. The number of hydrogen-bond acceptors (Lipinski definition) is 2. The fourth-order valence-corrected chi connectivity index (χ4v) is 16.3. The molecule has 0 aromatic heterocycles. The first-order valence-electron chi connectivity index (χ1n) is 37.5. The van der Waals surface area contributed by atoms with Crippen LogP contribution in [0.2, 0.25) is 0 Å². The summed E-state index contributed by atoms with van der Waals surface area (Å²) in [5.41, 5.74) is 30.4. The molecule has 0 spiro atoms. The average Bonchev–Trinajstić information content (AvgIpc) is 0.767. The van der Waals surface area contributed by atoms with E-state index >= 15 is 0 Å². The highest BCUT2D eigenvalue weighted by Gasteiger charge is 2.22. The molecule has 0 aliphatic heterocycles. The van der Waals surface area contributed by atoms with E-state index in [9.17, 15) is 0 Å². The second-order valence-corrected chi connectivity index (χ2v) is 28.1. The van der Waals surface area contributed by atoms with Crippen molar-refractivity contribution >= 4 is 82.8 Å². The third-order valence-corrected chi connectivity index (χ3v) is 21.7. The standard InChI is InChI=1S/C106H74N2/c1-5-24-73(25-6-1)74-48-60-91(61-49-74)108(106-45-20-19-40-97(106)80-28-9-3-10-29-80)92-62-52-76(53-63-92)84-57-67-96(105(71-84)99-44-23-33-79-31-14-16-39-94(79)99)86-35-21-34-82(68-86)85-46-47-87-72-102(100-41-17-18-42-101(100)103(87)69-85)81-54-64-90(65-55-81)107(88-36-11-4-12-37-88)89-58-50-75(51-59-89)83-56-66-95(77-26-7-2-8-27-77)104(70-83)98-43-22-32-78-30-13-15-38-93(78)98/h2-5,7-72H,1,6H2. The molecule has 1 aliphatic carbocycles. The number of nitrogens with zero attached hydrogens (tertiary/aromatic N) is 2. The number of rotatable bonds is 16. The van der Waals surface area contributed by atoms with Crippen LogP contribution < -0.4 is 9.80 Å². The van der Waals surface area contributed by atoms with Crippen molar-refractivity contribution in [2.45, 2.75) is 12.8 Å². The molecule has 0 bridgehead atoms. The maximum absolute atomic E-state index is 2.41. The van der Waals surface area contributed by atoms with Crippen molar-refractivity contribution in [3.05, 3.63) is 430 Å². The molecule has 18 aromatic carbocycles. The molecule has 0 atom stereocenters. The van der Waals surface area contributed by atoms with Crippen LogP contribution >= 0.6 is 0 Å². The second-order valence-electron chi connectivity index (χ2n) is 28.1. The molecular formula is C106H74N2. The Bertz CT molecular complexity index is 6420. The van der Waals surface area contributed by atoms with E-state index in [1.54, 1.807) is 0 Å². The molecule has 108 heavy (non-hydrogen) atoms. The zero-order valence-electron chi connectivity index (χ0n) is 59.7. The Kier molecular flexibility index (Phi) is 17.2. The van der Waals surface area contributed by atoms with Crippen molar-refractivity contribution in [2.24, 2.45) is 0 Å². The van der Waals surface area contributed by atoms with E-state index < -0.39 is 0 Å². The molecule has 0 amide bonds. The highest BCUT2D eigenvalue weighted by Crippen LogP contribution is 2.47. The van der Waals surface area contributed by atoms with Crippen LogP contribution in [0.3, 0.4) is 0 Å². The van der Waals surface area contributed by atoms with Gasteiger partial charge in [-0.05, 0) is 259 Å². The summed E-state index contributed by atoms with van der Waals surface area (Å²) in [6, 6.07) is 150. The Balaban J connectivity index is 0.636. The summed E-state index contributed by atoms with van der Waals surface area (Å²) in [5, 5.41) is 9.78. The number of benzene rings is 18. The van der Waals surface area contributed by atoms with Crippen molar-refractivity contribution in [1.82, 2.24) is 0 Å². The number of anilines is 6. The zero-order valence-corrected chi connectivity index (χ0v) is 59.7. The maximum atomic E-state index is 2.41. The molecule has 2 heteroatoms. The van der Waals surface area contributed by atoms with Crippen LogP contribution in [0.1, 0.15) is 18.4 Å². The molecule has 19 rings (SSSR count). The molecule has 0 N–H and O–H groups in total. The fraction of sp³-hybridized carbons (Fsp3) is 0.0189. The van der Waals surface area contributed by atoms with Gasteiger partial charge in [-0.2, -0.15) is 0 Å². The molecule has 0 radical (unpaired) electrons. The van der Waals surface area contributed by atoms with E-state index in [1.807, 2.05) is 0 Å². The molecule has 0 saturated heterocycles. The summed E-state index contributed by atoms with van der Waals surface area (Å²) in [4.78, 5) is 4.76. The Labute approximate surface area is 631 Å². The lowest BCUT2D eigenvalue weighted by Gasteiger charge is -2.28. The van der Waals surface area contributed by atoms with Gasteiger partial charge in [-0.3, -0.25) is 0 Å². The van der Waals surface area contributed by atoms with Crippen molar-refractivity contribution in [3.63, 3.8) is 0 Å². The topological polar surface area (TPSA) is 6.48 Å². The van der Waals surface area contributed by atoms with Gasteiger partial charge in [-0.25, -0.2) is 0 Å². The summed E-state index contributed by atoms with van der Waals surface area (Å²) in [5.74, 6) is 0. The lowest BCUT2D eigenvalue weighted by Crippen LogP contribution is -2.11. The second kappa shape index (κ2) is 28.6. The molecular weight excluding hydrogens is 1300 g/mol. The SMILES string of the molecule is C1=CC(c2ccc(N(c3ccc(-c4ccc(-c5cccc(-c6ccc7cc(-c8ccc(N(c9ccccc9)c9ccc(-c%10ccc(-c%11ccccc%11)c(-c%11cccc%12ccccc%11%12)c%10)cc9)cc8)c8ccccc8c7c6)c5)c(-c5cccc6ccccc56)c4)cc3)c3ccccc3-c3ccccc3)cc2)=CCC1. The third kappa shape index (κ3) is 12.5. The van der Waals surface area contributed by atoms with Crippen LogP contribution in [0.25, 0.3) is 149 Å². The summed E-state index contributed by atoms with van der Waals surface area (Å²) < 4.78 is 0. The van der Waals surface area contributed by atoms with Gasteiger partial charge in [-0.1, -0.05) is 328 Å². The Morgan fingerprint density at radius 1 is 0.176 bits per heavy atom. The highest BCUT2D eigenvalue weighted by atomic mass is 15.1. The number of allylic oxidation sites excluding steroid dienone is 4. The Hall–Kier alpha value is -13.9. The van der Waals surface area contributed by atoms with Gasteiger partial charge in [0.15, 0.2) is 0 Å². The van der Waals surface area contributed by atoms with Crippen LogP contribution in [-0.2, 0) is 0 Å². The van der Waals surface area contributed by atoms with Gasteiger partial charge in [0.25, 0.3) is 0 Å². The molecule has 0 heterocycles. The normalized spacial score (nSPS) is 12.0. The van der Waals surface area contributed by atoms with Gasteiger partial charge < -0.3 is 9.80 Å². The van der Waals surface area contributed by atoms with E-state index in [-0.39, 0.29) is 0 Å². The quantitative estimate of drug-likeness (QED) is 0.0890. The zero-order chi connectivity index (χ0) is 71.7. The van der Waals surface area contributed by atoms with Gasteiger partial charge in [0, 0.05) is 34.0 Å². The van der Waals surface area contributed by atoms with E-state index in [1.165, 1.54) is 127 Å². The molecule has 1 aliphatic rings. The molecule has 0 saturated carbocycles. The predicted octanol–water partition coefficient (Wildman–Crippen LogP) is 30.0. The van der Waals surface area contributed by atoms with Crippen molar-refractivity contribution in [3.8, 4) is 100 Å². The molecule has 0 unspecified atom stereocenters. The number of hydrogen-bond donors (Lipinski definition) is 0. The van der Waals surface area contributed by atoms with Crippen LogP contribution in [0, 0.1) is 0 Å².